The Morgan fingerprint density at radius 1 is 1.48 bits per heavy atom. The molecule has 1 saturated heterocycles. The van der Waals surface area contributed by atoms with E-state index in [4.69, 9.17) is 5.26 Å². The Balaban J connectivity index is 1.96. The summed E-state index contributed by atoms with van der Waals surface area (Å²) in [4.78, 5) is 14.2. The van der Waals surface area contributed by atoms with Gasteiger partial charge in [0.15, 0.2) is 0 Å². The van der Waals surface area contributed by atoms with Gasteiger partial charge in [0.1, 0.15) is 11.6 Å². The second-order valence-electron chi connectivity index (χ2n) is 5.16. The number of nitriles is 1. The highest BCUT2D eigenvalue weighted by atomic mass is 19.1. The highest BCUT2D eigenvalue weighted by Crippen LogP contribution is 2.21. The zero-order chi connectivity index (χ0) is 15.2. The summed E-state index contributed by atoms with van der Waals surface area (Å²) in [7, 11) is 0. The zero-order valence-corrected chi connectivity index (χ0v) is 11.6. The molecule has 112 valence electrons. The van der Waals surface area contributed by atoms with Crippen molar-refractivity contribution in [3.8, 4) is 6.07 Å². The quantitative estimate of drug-likeness (QED) is 0.928. The van der Waals surface area contributed by atoms with Crippen LogP contribution in [0.15, 0.2) is 18.2 Å². The molecule has 0 radical (unpaired) electrons. The van der Waals surface area contributed by atoms with Gasteiger partial charge in [-0.25, -0.2) is 8.78 Å². The Labute approximate surface area is 122 Å². The predicted octanol–water partition coefficient (Wildman–Crippen LogP) is 2.53. The van der Waals surface area contributed by atoms with E-state index in [9.17, 15) is 13.6 Å². The number of carbonyl (C=O) groups is 1. The van der Waals surface area contributed by atoms with E-state index in [1.54, 1.807) is 0 Å². The first-order valence-corrected chi connectivity index (χ1v) is 6.95. The summed E-state index contributed by atoms with van der Waals surface area (Å²) in [5.41, 5.74) is -0.130. The van der Waals surface area contributed by atoms with E-state index in [2.05, 4.69) is 16.3 Å². The maximum absolute atomic E-state index is 13.5. The highest BCUT2D eigenvalue weighted by molar-refractivity contribution is 5.92. The zero-order valence-electron chi connectivity index (χ0n) is 11.6. The topological polar surface area (TPSA) is 56.1 Å². The molecule has 21 heavy (non-hydrogen) atoms. The maximum atomic E-state index is 13.5. The molecule has 1 fully saturated rings. The molecule has 0 aliphatic carbocycles. The fraction of sp³-hybridized carbons (Fsp3) is 0.467. The third-order valence-electron chi connectivity index (χ3n) is 3.60. The molecule has 0 aromatic heterocycles. The third kappa shape index (κ3) is 4.23. The van der Waals surface area contributed by atoms with Crippen LogP contribution in [0.25, 0.3) is 0 Å². The van der Waals surface area contributed by atoms with Gasteiger partial charge >= 0.3 is 0 Å². The number of amides is 1. The van der Waals surface area contributed by atoms with Crippen molar-refractivity contribution in [2.24, 2.45) is 5.92 Å². The molecule has 0 bridgehead atoms. The molecule has 1 amide bonds. The molecule has 0 spiro atoms. The highest BCUT2D eigenvalue weighted by Gasteiger charge is 2.26. The number of hydrogen-bond donors (Lipinski definition) is 1. The third-order valence-corrected chi connectivity index (χ3v) is 3.60. The van der Waals surface area contributed by atoms with E-state index in [-0.39, 0.29) is 17.5 Å². The monoisotopic (exact) mass is 293 g/mol. The first kappa shape index (κ1) is 15.4. The van der Waals surface area contributed by atoms with Crippen molar-refractivity contribution in [1.29, 1.82) is 5.26 Å². The minimum atomic E-state index is -0.651. The summed E-state index contributed by atoms with van der Waals surface area (Å²) in [6.45, 7) is 2.04. The summed E-state index contributed by atoms with van der Waals surface area (Å²) >= 11 is 0. The number of hydrogen-bond acceptors (Lipinski definition) is 3. The summed E-state index contributed by atoms with van der Waals surface area (Å²) in [6.07, 6.45) is 1.99. The molecule has 0 saturated carbocycles. The van der Waals surface area contributed by atoms with Crippen molar-refractivity contribution in [1.82, 2.24) is 4.90 Å². The lowest BCUT2D eigenvalue weighted by atomic mass is 9.97. The summed E-state index contributed by atoms with van der Waals surface area (Å²) in [6, 6.07) is 5.06. The van der Waals surface area contributed by atoms with Crippen LogP contribution in [0.3, 0.4) is 0 Å². The Morgan fingerprint density at radius 2 is 2.29 bits per heavy atom. The van der Waals surface area contributed by atoms with Crippen LogP contribution in [0, 0.1) is 28.9 Å². The van der Waals surface area contributed by atoms with Gasteiger partial charge in [0, 0.05) is 25.6 Å². The predicted molar refractivity (Wildman–Crippen MR) is 74.4 cm³/mol. The Hall–Kier alpha value is -2.00. The van der Waals surface area contributed by atoms with E-state index in [1.165, 1.54) is 0 Å². The van der Waals surface area contributed by atoms with Crippen molar-refractivity contribution < 1.29 is 13.6 Å². The van der Waals surface area contributed by atoms with Gasteiger partial charge in [-0.1, -0.05) is 0 Å². The van der Waals surface area contributed by atoms with Crippen molar-refractivity contribution in [2.75, 3.05) is 25.0 Å². The Bertz CT molecular complexity index is 556. The molecule has 1 aromatic rings. The van der Waals surface area contributed by atoms with Crippen LogP contribution in [0.5, 0.6) is 0 Å². The molecule has 1 N–H and O–H groups in total. The molecule has 2 rings (SSSR count). The molecular weight excluding hydrogens is 276 g/mol. The summed E-state index contributed by atoms with van der Waals surface area (Å²) < 4.78 is 26.6. The van der Waals surface area contributed by atoms with Crippen LogP contribution < -0.4 is 5.32 Å². The van der Waals surface area contributed by atoms with E-state index in [0.29, 0.717) is 25.9 Å². The average Bonchev–Trinajstić information content (AvgIpc) is 2.49. The number of anilines is 1. The SMILES string of the molecule is N#CCCN1CCCC(C(=O)Nc2cc(F)ccc2F)C1. The van der Waals surface area contributed by atoms with Gasteiger partial charge < -0.3 is 10.2 Å². The number of carbonyl (C=O) groups excluding carboxylic acids is 1. The lowest BCUT2D eigenvalue weighted by molar-refractivity contribution is -0.121. The average molecular weight is 293 g/mol. The van der Waals surface area contributed by atoms with Gasteiger partial charge in [-0.3, -0.25) is 4.79 Å². The molecule has 6 heteroatoms. The van der Waals surface area contributed by atoms with Crippen LogP contribution in [0.1, 0.15) is 19.3 Å². The van der Waals surface area contributed by atoms with Crippen molar-refractivity contribution in [3.63, 3.8) is 0 Å². The van der Waals surface area contributed by atoms with Crippen LogP contribution >= 0.6 is 0 Å². The van der Waals surface area contributed by atoms with E-state index >= 15 is 0 Å². The number of rotatable bonds is 4. The minimum Gasteiger partial charge on any atom is -0.323 e. The molecule has 1 atom stereocenters. The Morgan fingerprint density at radius 3 is 3.05 bits per heavy atom. The Kier molecular flexibility index (Phi) is 5.23. The van der Waals surface area contributed by atoms with Gasteiger partial charge in [0.05, 0.1) is 17.7 Å². The van der Waals surface area contributed by atoms with Gasteiger partial charge in [-0.2, -0.15) is 5.26 Å². The lowest BCUT2D eigenvalue weighted by Gasteiger charge is -2.31. The smallest absolute Gasteiger partial charge is 0.228 e. The van der Waals surface area contributed by atoms with Crippen molar-refractivity contribution in [2.45, 2.75) is 19.3 Å². The number of halogens is 2. The number of benzene rings is 1. The fourth-order valence-corrected chi connectivity index (χ4v) is 2.51. The number of nitrogens with one attached hydrogen (secondary N) is 1. The van der Waals surface area contributed by atoms with Gasteiger partial charge in [0.25, 0.3) is 0 Å². The second-order valence-corrected chi connectivity index (χ2v) is 5.16. The molecular formula is C15H17F2N3O. The molecule has 1 unspecified atom stereocenters. The van der Waals surface area contributed by atoms with Crippen molar-refractivity contribution in [3.05, 3.63) is 29.8 Å². The van der Waals surface area contributed by atoms with E-state index < -0.39 is 11.6 Å². The van der Waals surface area contributed by atoms with Crippen LogP contribution in [0.2, 0.25) is 0 Å². The molecule has 1 aliphatic heterocycles. The standard InChI is InChI=1S/C15H17F2N3O/c16-12-4-5-13(17)14(9-12)19-15(21)11-3-1-7-20(10-11)8-2-6-18/h4-5,9,11H,1-3,7-8,10H2,(H,19,21). The first-order chi connectivity index (χ1) is 10.1. The van der Waals surface area contributed by atoms with Gasteiger partial charge in [-0.15, -0.1) is 0 Å². The van der Waals surface area contributed by atoms with Crippen LogP contribution in [0.4, 0.5) is 14.5 Å². The normalized spacial score (nSPS) is 19.0. The first-order valence-electron chi connectivity index (χ1n) is 6.95. The number of piperidine rings is 1. The van der Waals surface area contributed by atoms with Gasteiger partial charge in [0.2, 0.25) is 5.91 Å². The summed E-state index contributed by atoms with van der Waals surface area (Å²) in [5, 5.41) is 11.0. The second kappa shape index (κ2) is 7.14. The summed E-state index contributed by atoms with van der Waals surface area (Å²) in [5.74, 6) is -1.81. The fourth-order valence-electron chi connectivity index (χ4n) is 2.51. The lowest BCUT2D eigenvalue weighted by Crippen LogP contribution is -2.41. The van der Waals surface area contributed by atoms with Crippen LogP contribution in [-0.4, -0.2) is 30.4 Å². The minimum absolute atomic E-state index is 0.130. The molecule has 4 nitrogen and oxygen atoms in total. The maximum Gasteiger partial charge on any atom is 0.228 e. The number of likely N-dealkylation sites (tertiary alicyclic amines) is 1. The largest absolute Gasteiger partial charge is 0.323 e. The van der Waals surface area contributed by atoms with Crippen molar-refractivity contribution >= 4 is 11.6 Å². The number of nitrogens with zero attached hydrogens (tertiary/aromatic N) is 2. The van der Waals surface area contributed by atoms with Crippen LogP contribution in [-0.2, 0) is 4.79 Å². The van der Waals surface area contributed by atoms with Gasteiger partial charge in [-0.05, 0) is 31.5 Å². The molecule has 1 aromatic carbocycles. The van der Waals surface area contributed by atoms with E-state index in [1.807, 2.05) is 0 Å². The van der Waals surface area contributed by atoms with E-state index in [0.717, 1.165) is 31.2 Å². The molecule has 1 aliphatic rings. The molecule has 1 heterocycles.